The number of fused-ring (bicyclic) bond motifs is 2. The summed E-state index contributed by atoms with van der Waals surface area (Å²) in [6, 6.07) is 7.68. The van der Waals surface area contributed by atoms with Crippen molar-refractivity contribution in [1.82, 2.24) is 4.90 Å². The molecule has 1 aromatic rings. The van der Waals surface area contributed by atoms with Gasteiger partial charge in [0.25, 0.3) is 0 Å². The first-order valence-corrected chi connectivity index (χ1v) is 6.41. The molecule has 3 rings (SSSR count). The zero-order valence-electron chi connectivity index (χ0n) is 10.3. The molecular weight excluding hydrogens is 230 g/mol. The van der Waals surface area contributed by atoms with Crippen LogP contribution in [-0.2, 0) is 10.3 Å². The first-order valence-electron chi connectivity index (χ1n) is 6.41. The minimum absolute atomic E-state index is 0.184. The monoisotopic (exact) mass is 247 g/mol. The van der Waals surface area contributed by atoms with Gasteiger partial charge in [-0.3, -0.25) is 0 Å². The van der Waals surface area contributed by atoms with Gasteiger partial charge in [-0.2, -0.15) is 0 Å². The number of likely N-dealkylation sites (tertiary alicyclic amines) is 1. The van der Waals surface area contributed by atoms with E-state index in [9.17, 15) is 4.79 Å². The molecule has 96 valence electrons. The Hall–Kier alpha value is -1.39. The lowest BCUT2D eigenvalue weighted by Crippen LogP contribution is -2.43. The quantitative estimate of drug-likeness (QED) is 0.796. The standard InChI is InChI=1S/C14H17NO3/c16-10-9-15-7-5-14(6-8-15)12-4-2-1-3-11(12)13(17)18-14/h1-4,16H,5-10H2. The number of nitrogens with zero attached hydrogens (tertiary/aromatic N) is 1. The van der Waals surface area contributed by atoms with Gasteiger partial charge in [0.15, 0.2) is 0 Å². The fourth-order valence-corrected chi connectivity index (χ4v) is 3.00. The normalized spacial score (nSPS) is 21.9. The first-order chi connectivity index (χ1) is 8.75. The minimum atomic E-state index is -0.417. The van der Waals surface area contributed by atoms with E-state index in [0.717, 1.165) is 31.5 Å². The molecule has 0 bridgehead atoms. The maximum Gasteiger partial charge on any atom is 0.339 e. The lowest BCUT2D eigenvalue weighted by Gasteiger charge is -2.38. The summed E-state index contributed by atoms with van der Waals surface area (Å²) in [7, 11) is 0. The van der Waals surface area contributed by atoms with Gasteiger partial charge in [0, 0.05) is 38.0 Å². The summed E-state index contributed by atoms with van der Waals surface area (Å²) in [5.41, 5.74) is 1.34. The van der Waals surface area contributed by atoms with E-state index in [1.54, 1.807) is 0 Å². The molecule has 2 heterocycles. The van der Waals surface area contributed by atoms with E-state index in [0.29, 0.717) is 12.1 Å². The Kier molecular flexibility index (Phi) is 2.84. The van der Waals surface area contributed by atoms with Crippen LogP contribution in [-0.4, -0.2) is 42.2 Å². The van der Waals surface area contributed by atoms with Crippen LogP contribution in [0.25, 0.3) is 0 Å². The second-order valence-electron chi connectivity index (χ2n) is 4.99. The molecule has 0 aliphatic carbocycles. The second-order valence-corrected chi connectivity index (χ2v) is 4.99. The van der Waals surface area contributed by atoms with E-state index in [1.807, 2.05) is 24.3 Å². The van der Waals surface area contributed by atoms with Gasteiger partial charge >= 0.3 is 5.97 Å². The fraction of sp³-hybridized carbons (Fsp3) is 0.500. The van der Waals surface area contributed by atoms with Crippen LogP contribution in [0, 0.1) is 0 Å². The van der Waals surface area contributed by atoms with E-state index in [-0.39, 0.29) is 12.6 Å². The van der Waals surface area contributed by atoms with E-state index < -0.39 is 5.60 Å². The number of hydrogen-bond donors (Lipinski definition) is 1. The van der Waals surface area contributed by atoms with Crippen LogP contribution in [0.4, 0.5) is 0 Å². The van der Waals surface area contributed by atoms with Gasteiger partial charge < -0.3 is 14.7 Å². The van der Waals surface area contributed by atoms with Crippen LogP contribution in [0.2, 0.25) is 0 Å². The maximum absolute atomic E-state index is 11.9. The Bertz CT molecular complexity index is 464. The van der Waals surface area contributed by atoms with Crippen LogP contribution >= 0.6 is 0 Å². The van der Waals surface area contributed by atoms with Gasteiger partial charge in [-0.1, -0.05) is 18.2 Å². The van der Waals surface area contributed by atoms with Crippen molar-refractivity contribution in [3.05, 3.63) is 35.4 Å². The predicted molar refractivity (Wildman–Crippen MR) is 66.3 cm³/mol. The van der Waals surface area contributed by atoms with Gasteiger partial charge in [0.1, 0.15) is 5.60 Å². The van der Waals surface area contributed by atoms with Crippen molar-refractivity contribution in [3.8, 4) is 0 Å². The molecule has 0 amide bonds. The topological polar surface area (TPSA) is 49.8 Å². The number of carbonyl (C=O) groups is 1. The van der Waals surface area contributed by atoms with E-state index in [2.05, 4.69) is 4.90 Å². The minimum Gasteiger partial charge on any atom is -0.450 e. The molecule has 0 saturated carbocycles. The van der Waals surface area contributed by atoms with Gasteiger partial charge in [-0.25, -0.2) is 4.79 Å². The summed E-state index contributed by atoms with van der Waals surface area (Å²) in [5, 5.41) is 8.95. The third kappa shape index (κ3) is 1.72. The number of hydrogen-bond acceptors (Lipinski definition) is 4. The highest BCUT2D eigenvalue weighted by Gasteiger charge is 2.46. The van der Waals surface area contributed by atoms with Crippen LogP contribution in [0.15, 0.2) is 24.3 Å². The predicted octanol–water partition coefficient (Wildman–Crippen LogP) is 1.14. The Morgan fingerprint density at radius 1 is 1.28 bits per heavy atom. The molecule has 18 heavy (non-hydrogen) atoms. The average molecular weight is 247 g/mol. The third-order valence-electron chi connectivity index (χ3n) is 4.01. The first kappa shape index (κ1) is 11.7. The Morgan fingerprint density at radius 2 is 2.00 bits per heavy atom. The highest BCUT2D eigenvalue weighted by molar-refractivity contribution is 5.94. The highest BCUT2D eigenvalue weighted by atomic mass is 16.6. The van der Waals surface area contributed by atoms with Gasteiger partial charge in [-0.15, -0.1) is 0 Å². The molecule has 1 aromatic carbocycles. The van der Waals surface area contributed by atoms with Gasteiger partial charge in [-0.05, 0) is 6.07 Å². The zero-order valence-corrected chi connectivity index (χ0v) is 10.3. The van der Waals surface area contributed by atoms with Crippen molar-refractivity contribution in [3.63, 3.8) is 0 Å². The smallest absolute Gasteiger partial charge is 0.339 e. The molecule has 1 fully saturated rings. The van der Waals surface area contributed by atoms with Crippen LogP contribution in [0.5, 0.6) is 0 Å². The SMILES string of the molecule is O=C1OC2(CCN(CCO)CC2)c2ccccc21. The molecule has 1 saturated heterocycles. The molecule has 2 aliphatic rings. The Morgan fingerprint density at radius 3 is 2.72 bits per heavy atom. The van der Waals surface area contributed by atoms with Crippen molar-refractivity contribution >= 4 is 5.97 Å². The third-order valence-corrected chi connectivity index (χ3v) is 4.01. The van der Waals surface area contributed by atoms with E-state index in [1.165, 1.54) is 0 Å². The van der Waals surface area contributed by atoms with Crippen molar-refractivity contribution in [2.75, 3.05) is 26.2 Å². The molecule has 0 unspecified atom stereocenters. The molecule has 1 N–H and O–H groups in total. The summed E-state index contributed by atoms with van der Waals surface area (Å²) < 4.78 is 5.66. The van der Waals surface area contributed by atoms with Crippen LogP contribution < -0.4 is 0 Å². The number of aliphatic hydroxyl groups is 1. The molecule has 0 atom stereocenters. The van der Waals surface area contributed by atoms with Gasteiger partial charge in [0.05, 0.1) is 12.2 Å². The number of carbonyl (C=O) groups excluding carboxylic acids is 1. The van der Waals surface area contributed by atoms with Crippen molar-refractivity contribution in [2.45, 2.75) is 18.4 Å². The summed E-state index contributed by atoms with van der Waals surface area (Å²) in [6.45, 7) is 2.61. The molecule has 4 nitrogen and oxygen atoms in total. The van der Waals surface area contributed by atoms with E-state index >= 15 is 0 Å². The number of aliphatic hydroxyl groups excluding tert-OH is 1. The number of esters is 1. The average Bonchev–Trinajstić information content (AvgIpc) is 2.67. The molecule has 0 aromatic heterocycles. The Labute approximate surface area is 106 Å². The van der Waals surface area contributed by atoms with Crippen LogP contribution in [0.3, 0.4) is 0 Å². The van der Waals surface area contributed by atoms with Crippen LogP contribution in [0.1, 0.15) is 28.8 Å². The molecule has 0 radical (unpaired) electrons. The number of rotatable bonds is 2. The number of ether oxygens (including phenoxy) is 1. The number of benzene rings is 1. The molecule has 1 spiro atoms. The summed E-state index contributed by atoms with van der Waals surface area (Å²) in [5.74, 6) is -0.193. The lowest BCUT2D eigenvalue weighted by atomic mass is 9.84. The van der Waals surface area contributed by atoms with Gasteiger partial charge in [0.2, 0.25) is 0 Å². The Balaban J connectivity index is 1.84. The fourth-order valence-electron chi connectivity index (χ4n) is 3.00. The summed E-state index contributed by atoms with van der Waals surface area (Å²) in [4.78, 5) is 14.1. The number of β-amino-alcohol motifs (C(OH)–C–C–N with tert-alkyl or cyclic N) is 1. The molecule has 2 aliphatic heterocycles. The largest absolute Gasteiger partial charge is 0.450 e. The van der Waals surface area contributed by atoms with E-state index in [4.69, 9.17) is 9.84 Å². The lowest BCUT2D eigenvalue weighted by molar-refractivity contribution is -0.0444. The van der Waals surface area contributed by atoms with Crippen molar-refractivity contribution in [1.29, 1.82) is 0 Å². The molecular formula is C14H17NO3. The summed E-state index contributed by atoms with van der Waals surface area (Å²) >= 11 is 0. The van der Waals surface area contributed by atoms with Crippen molar-refractivity contribution in [2.24, 2.45) is 0 Å². The highest BCUT2D eigenvalue weighted by Crippen LogP contribution is 2.43. The zero-order chi connectivity index (χ0) is 12.6. The number of piperidine rings is 1. The molecule has 4 heteroatoms. The summed E-state index contributed by atoms with van der Waals surface area (Å²) in [6.07, 6.45) is 1.63. The second kappa shape index (κ2) is 4.37. The van der Waals surface area contributed by atoms with Crippen molar-refractivity contribution < 1.29 is 14.6 Å². The maximum atomic E-state index is 11.9.